The molecule has 0 radical (unpaired) electrons. The summed E-state index contributed by atoms with van der Waals surface area (Å²) in [6.07, 6.45) is -3.42. The topological polar surface area (TPSA) is 98.2 Å². The smallest absolute Gasteiger partial charge is 0.395 e. The lowest BCUT2D eigenvalue weighted by molar-refractivity contribution is -0.137. The number of carbonyl (C=O) groups is 1. The van der Waals surface area contributed by atoms with Gasteiger partial charge in [-0.3, -0.25) is 9.59 Å². The number of alkyl halides is 3. The molecular weight excluding hydrogens is 387 g/mol. The van der Waals surface area contributed by atoms with E-state index in [4.69, 9.17) is 10.8 Å². The largest absolute Gasteiger partial charge is 0.417 e. The molecule has 29 heavy (non-hydrogen) atoms. The summed E-state index contributed by atoms with van der Waals surface area (Å²) in [5.74, 6) is -0.878. The highest BCUT2D eigenvalue weighted by Crippen LogP contribution is 2.37. The zero-order chi connectivity index (χ0) is 21.2. The van der Waals surface area contributed by atoms with Crippen molar-refractivity contribution in [3.8, 4) is 22.4 Å². The van der Waals surface area contributed by atoms with Crippen LogP contribution in [0.1, 0.15) is 16.1 Å². The van der Waals surface area contributed by atoms with Gasteiger partial charge in [0.25, 0.3) is 11.5 Å². The molecule has 0 atom stereocenters. The van der Waals surface area contributed by atoms with E-state index in [-0.39, 0.29) is 41.2 Å². The van der Waals surface area contributed by atoms with E-state index in [1.807, 2.05) is 0 Å². The lowest BCUT2D eigenvalue weighted by atomic mass is 9.97. The van der Waals surface area contributed by atoms with Crippen molar-refractivity contribution in [3.05, 3.63) is 76.3 Å². The number of nitrogens with zero attached hydrogens (tertiary/aromatic N) is 2. The van der Waals surface area contributed by atoms with Gasteiger partial charge in [-0.15, -0.1) is 0 Å². The fourth-order valence-corrected chi connectivity index (χ4v) is 2.94. The molecule has 150 valence electrons. The summed E-state index contributed by atoms with van der Waals surface area (Å²) in [5, 5.41) is 9.13. The molecule has 0 saturated carbocycles. The third-order valence-electron chi connectivity index (χ3n) is 4.25. The van der Waals surface area contributed by atoms with E-state index < -0.39 is 23.2 Å². The number of aromatic nitrogens is 2. The van der Waals surface area contributed by atoms with E-state index in [0.717, 1.165) is 16.8 Å². The van der Waals surface area contributed by atoms with Crippen molar-refractivity contribution in [2.75, 3.05) is 6.61 Å². The standard InChI is InChI=1S/C20H16F3N3O3/c21-20(22,23)15-7-2-1-6-14(15)12-4-3-5-13(10-12)17-19(29)26(8-9-27)11-16(25-17)18(24)28/h1-7,10-11,27H,8-9H2,(H2,24,28). The molecule has 1 aromatic heterocycles. The Bertz CT molecular complexity index is 1120. The van der Waals surface area contributed by atoms with Crippen LogP contribution in [0.25, 0.3) is 22.4 Å². The zero-order valence-electron chi connectivity index (χ0n) is 15.0. The second-order valence-corrected chi connectivity index (χ2v) is 6.19. The predicted molar refractivity (Wildman–Crippen MR) is 100.0 cm³/mol. The minimum atomic E-state index is -4.55. The highest BCUT2D eigenvalue weighted by molar-refractivity contribution is 5.91. The molecule has 1 heterocycles. The number of carbonyl (C=O) groups excluding carboxylic acids is 1. The van der Waals surface area contributed by atoms with Gasteiger partial charge in [0.1, 0.15) is 11.4 Å². The third kappa shape index (κ3) is 4.19. The second-order valence-electron chi connectivity index (χ2n) is 6.19. The number of halogens is 3. The van der Waals surface area contributed by atoms with E-state index >= 15 is 0 Å². The second kappa shape index (κ2) is 7.88. The fraction of sp³-hybridized carbons (Fsp3) is 0.150. The molecule has 9 heteroatoms. The number of rotatable bonds is 5. The van der Waals surface area contributed by atoms with Crippen molar-refractivity contribution in [1.82, 2.24) is 9.55 Å². The lowest BCUT2D eigenvalue weighted by Crippen LogP contribution is -2.28. The van der Waals surface area contributed by atoms with Gasteiger partial charge >= 0.3 is 6.18 Å². The number of amides is 1. The molecule has 3 aromatic rings. The van der Waals surface area contributed by atoms with Crippen LogP contribution < -0.4 is 11.3 Å². The van der Waals surface area contributed by atoms with Crippen LogP contribution in [0.3, 0.4) is 0 Å². The van der Waals surface area contributed by atoms with Crippen LogP contribution in [0.2, 0.25) is 0 Å². The highest BCUT2D eigenvalue weighted by Gasteiger charge is 2.33. The van der Waals surface area contributed by atoms with E-state index in [1.165, 1.54) is 42.5 Å². The van der Waals surface area contributed by atoms with Gasteiger partial charge in [0.2, 0.25) is 0 Å². The zero-order valence-corrected chi connectivity index (χ0v) is 15.0. The Morgan fingerprint density at radius 2 is 1.79 bits per heavy atom. The molecule has 1 amide bonds. The Hall–Kier alpha value is -3.46. The maximum Gasteiger partial charge on any atom is 0.417 e. The van der Waals surface area contributed by atoms with E-state index in [9.17, 15) is 22.8 Å². The summed E-state index contributed by atoms with van der Waals surface area (Å²) in [7, 11) is 0. The van der Waals surface area contributed by atoms with Gasteiger partial charge in [-0.2, -0.15) is 13.2 Å². The van der Waals surface area contributed by atoms with E-state index in [2.05, 4.69) is 4.98 Å². The minimum Gasteiger partial charge on any atom is -0.395 e. The summed E-state index contributed by atoms with van der Waals surface area (Å²) in [6.45, 7) is -0.453. The Labute approximate surface area is 163 Å². The number of aliphatic hydroxyl groups excluding tert-OH is 1. The van der Waals surface area contributed by atoms with Crippen molar-refractivity contribution in [2.24, 2.45) is 5.73 Å². The number of benzene rings is 2. The monoisotopic (exact) mass is 403 g/mol. The maximum atomic E-state index is 13.4. The first-order valence-corrected chi connectivity index (χ1v) is 8.51. The Morgan fingerprint density at radius 1 is 1.10 bits per heavy atom. The predicted octanol–water partition coefficient (Wildman–Crippen LogP) is 2.69. The average molecular weight is 403 g/mol. The fourth-order valence-electron chi connectivity index (χ4n) is 2.94. The SMILES string of the molecule is NC(=O)c1cn(CCO)c(=O)c(-c2cccc(-c3ccccc3C(F)(F)F)c2)n1. The van der Waals surface area contributed by atoms with Gasteiger partial charge in [0, 0.05) is 18.3 Å². The van der Waals surface area contributed by atoms with Crippen LogP contribution >= 0.6 is 0 Å². The summed E-state index contributed by atoms with van der Waals surface area (Å²) in [5.41, 5.74) is 3.89. The molecular formula is C20H16F3N3O3. The molecule has 0 fully saturated rings. The molecule has 0 saturated heterocycles. The number of hydrogen-bond donors (Lipinski definition) is 2. The molecule has 0 aliphatic heterocycles. The van der Waals surface area contributed by atoms with Crippen LogP contribution in [0.4, 0.5) is 13.2 Å². The van der Waals surface area contributed by atoms with Gasteiger partial charge in [-0.1, -0.05) is 36.4 Å². The van der Waals surface area contributed by atoms with E-state index in [0.29, 0.717) is 0 Å². The van der Waals surface area contributed by atoms with Crippen LogP contribution in [-0.4, -0.2) is 27.2 Å². The van der Waals surface area contributed by atoms with Crippen LogP contribution in [0.5, 0.6) is 0 Å². The third-order valence-corrected chi connectivity index (χ3v) is 4.25. The summed E-state index contributed by atoms with van der Waals surface area (Å²) < 4.78 is 41.2. The highest BCUT2D eigenvalue weighted by atomic mass is 19.4. The minimum absolute atomic E-state index is 0.0522. The summed E-state index contributed by atoms with van der Waals surface area (Å²) in [4.78, 5) is 28.2. The van der Waals surface area contributed by atoms with Crippen LogP contribution in [-0.2, 0) is 12.7 Å². The Morgan fingerprint density at radius 3 is 2.45 bits per heavy atom. The van der Waals surface area contributed by atoms with Gasteiger partial charge in [-0.25, -0.2) is 4.98 Å². The normalized spacial score (nSPS) is 11.4. The molecule has 6 nitrogen and oxygen atoms in total. The van der Waals surface area contributed by atoms with Crippen molar-refractivity contribution in [3.63, 3.8) is 0 Å². The lowest BCUT2D eigenvalue weighted by Gasteiger charge is -2.14. The van der Waals surface area contributed by atoms with Gasteiger partial charge < -0.3 is 15.4 Å². The first kappa shape index (κ1) is 20.3. The number of hydrogen-bond acceptors (Lipinski definition) is 4. The number of primary amides is 1. The molecule has 3 N–H and O–H groups in total. The van der Waals surface area contributed by atoms with Crippen LogP contribution in [0.15, 0.2) is 59.5 Å². The molecule has 0 unspecified atom stereocenters. The van der Waals surface area contributed by atoms with Crippen molar-refractivity contribution in [2.45, 2.75) is 12.7 Å². The Kier molecular flexibility index (Phi) is 5.51. The Balaban J connectivity index is 2.20. The molecule has 2 aromatic carbocycles. The molecule has 3 rings (SSSR count). The van der Waals surface area contributed by atoms with Crippen LogP contribution in [0, 0.1) is 0 Å². The van der Waals surface area contributed by atoms with Crippen molar-refractivity contribution in [1.29, 1.82) is 0 Å². The van der Waals surface area contributed by atoms with Gasteiger partial charge in [0.15, 0.2) is 0 Å². The van der Waals surface area contributed by atoms with Crippen molar-refractivity contribution >= 4 is 5.91 Å². The molecule has 0 aliphatic rings. The van der Waals surface area contributed by atoms with Crippen molar-refractivity contribution < 1.29 is 23.1 Å². The van der Waals surface area contributed by atoms with E-state index in [1.54, 1.807) is 0 Å². The average Bonchev–Trinajstić information content (AvgIpc) is 2.69. The first-order chi connectivity index (χ1) is 13.7. The number of aliphatic hydroxyl groups is 1. The molecule has 0 aliphatic carbocycles. The summed E-state index contributed by atoms with van der Waals surface area (Å²) >= 11 is 0. The molecule has 0 spiro atoms. The quantitative estimate of drug-likeness (QED) is 0.684. The first-order valence-electron chi connectivity index (χ1n) is 8.51. The number of nitrogens with two attached hydrogens (primary N) is 1. The molecule has 0 bridgehead atoms. The van der Waals surface area contributed by atoms with Gasteiger partial charge in [0.05, 0.1) is 12.2 Å². The summed E-state index contributed by atoms with van der Waals surface area (Å²) in [6, 6.07) is 10.9. The van der Waals surface area contributed by atoms with Gasteiger partial charge in [-0.05, 0) is 23.3 Å². The maximum absolute atomic E-state index is 13.4.